The molecule has 0 aliphatic carbocycles. The van der Waals surface area contributed by atoms with Crippen LogP contribution in [0, 0.1) is 5.92 Å². The van der Waals surface area contributed by atoms with Crippen LogP contribution in [0.5, 0.6) is 0 Å². The van der Waals surface area contributed by atoms with Gasteiger partial charge in [-0.05, 0) is 6.42 Å². The van der Waals surface area contributed by atoms with Crippen molar-refractivity contribution in [2.45, 2.75) is 26.7 Å². The van der Waals surface area contributed by atoms with Crippen molar-refractivity contribution in [3.8, 4) is 0 Å². The van der Waals surface area contributed by atoms with Crippen LogP contribution >= 0.6 is 12.2 Å². The number of carbonyl (C=O) groups is 1. The lowest BCUT2D eigenvalue weighted by Gasteiger charge is -2.25. The van der Waals surface area contributed by atoms with Gasteiger partial charge in [-0.25, -0.2) is 0 Å². The number of rotatable bonds is 8. The molecule has 0 rings (SSSR count). The zero-order chi connectivity index (χ0) is 12.6. The van der Waals surface area contributed by atoms with Crippen LogP contribution in [0.1, 0.15) is 26.7 Å². The fourth-order valence-electron chi connectivity index (χ4n) is 1.27. The van der Waals surface area contributed by atoms with Gasteiger partial charge in [0, 0.05) is 32.5 Å². The van der Waals surface area contributed by atoms with Crippen LogP contribution in [-0.4, -0.2) is 42.6 Å². The van der Waals surface area contributed by atoms with Crippen LogP contribution < -0.4 is 5.73 Å². The molecule has 0 aromatic rings. The number of carbonyl (C=O) groups excluding carboxylic acids is 1. The highest BCUT2D eigenvalue weighted by atomic mass is 32.1. The molecule has 4 nitrogen and oxygen atoms in total. The Kier molecular flexibility index (Phi) is 8.11. The molecule has 0 aromatic heterocycles. The molecule has 1 atom stereocenters. The van der Waals surface area contributed by atoms with E-state index < -0.39 is 0 Å². The van der Waals surface area contributed by atoms with Gasteiger partial charge < -0.3 is 15.4 Å². The molecular formula is C11H22N2O2S. The van der Waals surface area contributed by atoms with Crippen molar-refractivity contribution in [2.24, 2.45) is 11.7 Å². The maximum Gasteiger partial charge on any atom is 0.225 e. The SMILES string of the molecule is CCC(C)C(=O)N(CCOC)CCC(N)=S. The van der Waals surface area contributed by atoms with Crippen LogP contribution in [-0.2, 0) is 9.53 Å². The van der Waals surface area contributed by atoms with E-state index in [4.69, 9.17) is 22.7 Å². The molecule has 16 heavy (non-hydrogen) atoms. The van der Waals surface area contributed by atoms with Gasteiger partial charge in [0.05, 0.1) is 11.6 Å². The van der Waals surface area contributed by atoms with E-state index in [0.29, 0.717) is 31.1 Å². The maximum atomic E-state index is 12.0. The largest absolute Gasteiger partial charge is 0.393 e. The minimum absolute atomic E-state index is 0.0446. The Morgan fingerprint density at radius 1 is 1.50 bits per heavy atom. The van der Waals surface area contributed by atoms with Gasteiger partial charge in [0.15, 0.2) is 0 Å². The molecule has 5 heteroatoms. The molecule has 0 bridgehead atoms. The summed E-state index contributed by atoms with van der Waals surface area (Å²) in [4.78, 5) is 14.2. The monoisotopic (exact) mass is 246 g/mol. The highest BCUT2D eigenvalue weighted by Crippen LogP contribution is 2.07. The average Bonchev–Trinajstić information content (AvgIpc) is 2.27. The van der Waals surface area contributed by atoms with E-state index >= 15 is 0 Å². The van der Waals surface area contributed by atoms with E-state index in [1.54, 1.807) is 12.0 Å². The third-order valence-corrected chi connectivity index (χ3v) is 2.74. The summed E-state index contributed by atoms with van der Waals surface area (Å²) in [6, 6.07) is 0. The summed E-state index contributed by atoms with van der Waals surface area (Å²) in [5, 5.41) is 0. The summed E-state index contributed by atoms with van der Waals surface area (Å²) in [6.45, 7) is 5.66. The third kappa shape index (κ3) is 6.02. The fraction of sp³-hybridized carbons (Fsp3) is 0.818. The second-order valence-electron chi connectivity index (χ2n) is 3.84. The van der Waals surface area contributed by atoms with Crippen LogP contribution in [0.3, 0.4) is 0 Å². The van der Waals surface area contributed by atoms with E-state index in [1.807, 2.05) is 13.8 Å². The first-order valence-corrected chi connectivity index (χ1v) is 5.99. The molecule has 1 unspecified atom stereocenters. The molecule has 0 saturated carbocycles. The minimum Gasteiger partial charge on any atom is -0.393 e. The standard InChI is InChI=1S/C11H22N2O2S/c1-4-9(2)11(14)13(7-8-15-3)6-5-10(12)16/h9H,4-8H2,1-3H3,(H2,12,16). The van der Waals surface area contributed by atoms with Crippen LogP contribution in [0.2, 0.25) is 0 Å². The van der Waals surface area contributed by atoms with E-state index in [9.17, 15) is 4.79 Å². The van der Waals surface area contributed by atoms with Crippen LogP contribution in [0.4, 0.5) is 0 Å². The zero-order valence-electron chi connectivity index (χ0n) is 10.4. The highest BCUT2D eigenvalue weighted by molar-refractivity contribution is 7.80. The summed E-state index contributed by atoms with van der Waals surface area (Å²) in [5.74, 6) is 0.194. The van der Waals surface area contributed by atoms with E-state index in [-0.39, 0.29) is 11.8 Å². The number of nitrogens with zero attached hydrogens (tertiary/aromatic N) is 1. The lowest BCUT2D eigenvalue weighted by Crippen LogP contribution is -2.39. The summed E-state index contributed by atoms with van der Waals surface area (Å²) >= 11 is 4.82. The molecule has 0 aromatic carbocycles. The molecule has 0 radical (unpaired) electrons. The molecule has 0 aliphatic rings. The van der Waals surface area contributed by atoms with E-state index in [0.717, 1.165) is 6.42 Å². The smallest absolute Gasteiger partial charge is 0.225 e. The minimum atomic E-state index is 0.0446. The molecule has 94 valence electrons. The first-order chi connectivity index (χ1) is 7.52. The quantitative estimate of drug-likeness (QED) is 0.654. The van der Waals surface area contributed by atoms with Gasteiger partial charge in [0.2, 0.25) is 5.91 Å². The summed E-state index contributed by atoms with van der Waals surface area (Å²) in [6.07, 6.45) is 1.41. The van der Waals surface area contributed by atoms with Crippen LogP contribution in [0.15, 0.2) is 0 Å². The molecule has 0 saturated heterocycles. The molecule has 0 spiro atoms. The number of ether oxygens (including phenoxy) is 1. The van der Waals surface area contributed by atoms with Gasteiger partial charge >= 0.3 is 0 Å². The van der Waals surface area contributed by atoms with Gasteiger partial charge in [0.25, 0.3) is 0 Å². The predicted molar refractivity (Wildman–Crippen MR) is 69.3 cm³/mol. The molecule has 2 N–H and O–H groups in total. The Labute approximate surface area is 103 Å². The summed E-state index contributed by atoms with van der Waals surface area (Å²) in [7, 11) is 1.62. The van der Waals surface area contributed by atoms with Crippen molar-refractivity contribution in [3.63, 3.8) is 0 Å². The Morgan fingerprint density at radius 2 is 2.12 bits per heavy atom. The first kappa shape index (κ1) is 15.3. The van der Waals surface area contributed by atoms with Gasteiger partial charge in [-0.3, -0.25) is 4.79 Å². The predicted octanol–water partition coefficient (Wildman–Crippen LogP) is 1.18. The van der Waals surface area contributed by atoms with Crippen molar-refractivity contribution in [3.05, 3.63) is 0 Å². The van der Waals surface area contributed by atoms with E-state index in [1.165, 1.54) is 0 Å². The van der Waals surface area contributed by atoms with Gasteiger partial charge in [0.1, 0.15) is 0 Å². The third-order valence-electron chi connectivity index (χ3n) is 2.54. The molecular weight excluding hydrogens is 224 g/mol. The van der Waals surface area contributed by atoms with Gasteiger partial charge in [-0.15, -0.1) is 0 Å². The maximum absolute atomic E-state index is 12.0. The number of nitrogens with two attached hydrogens (primary N) is 1. The lowest BCUT2D eigenvalue weighted by atomic mass is 10.1. The number of thiocarbonyl (C=S) groups is 1. The Bertz CT molecular complexity index is 234. The summed E-state index contributed by atoms with van der Waals surface area (Å²) < 4.78 is 4.98. The number of hydrogen-bond acceptors (Lipinski definition) is 3. The fourth-order valence-corrected chi connectivity index (χ4v) is 1.36. The van der Waals surface area contributed by atoms with E-state index in [2.05, 4.69) is 0 Å². The number of hydrogen-bond donors (Lipinski definition) is 1. The van der Waals surface area contributed by atoms with Crippen molar-refractivity contribution in [1.82, 2.24) is 4.90 Å². The molecule has 1 amide bonds. The van der Waals surface area contributed by atoms with Gasteiger partial charge in [-0.1, -0.05) is 26.1 Å². The average molecular weight is 246 g/mol. The highest BCUT2D eigenvalue weighted by Gasteiger charge is 2.18. The normalized spacial score (nSPS) is 12.2. The lowest BCUT2D eigenvalue weighted by molar-refractivity contribution is -0.135. The Hall–Kier alpha value is -0.680. The van der Waals surface area contributed by atoms with Crippen LogP contribution in [0.25, 0.3) is 0 Å². The van der Waals surface area contributed by atoms with Gasteiger partial charge in [-0.2, -0.15) is 0 Å². The number of methoxy groups -OCH3 is 1. The van der Waals surface area contributed by atoms with Crippen molar-refractivity contribution < 1.29 is 9.53 Å². The molecule has 0 aliphatic heterocycles. The Balaban J connectivity index is 4.28. The zero-order valence-corrected chi connectivity index (χ0v) is 11.2. The van der Waals surface area contributed by atoms with Crippen molar-refractivity contribution in [2.75, 3.05) is 26.8 Å². The van der Waals surface area contributed by atoms with Crippen molar-refractivity contribution in [1.29, 1.82) is 0 Å². The molecule has 0 fully saturated rings. The second kappa shape index (κ2) is 8.47. The topological polar surface area (TPSA) is 55.6 Å². The Morgan fingerprint density at radius 3 is 2.56 bits per heavy atom. The molecule has 0 heterocycles. The first-order valence-electron chi connectivity index (χ1n) is 5.58. The second-order valence-corrected chi connectivity index (χ2v) is 4.37. The summed E-state index contributed by atoms with van der Waals surface area (Å²) in [5.41, 5.74) is 5.44. The number of amides is 1. The van der Waals surface area contributed by atoms with Crippen molar-refractivity contribution >= 4 is 23.1 Å².